The van der Waals surface area contributed by atoms with E-state index in [2.05, 4.69) is 4.98 Å². The van der Waals surface area contributed by atoms with Crippen LogP contribution in [0.3, 0.4) is 0 Å². The average Bonchev–Trinajstić information content (AvgIpc) is 2.59. The van der Waals surface area contributed by atoms with Gasteiger partial charge in [-0.1, -0.05) is 18.2 Å². The van der Waals surface area contributed by atoms with Crippen molar-refractivity contribution in [2.24, 2.45) is 0 Å². The van der Waals surface area contributed by atoms with Crippen LogP contribution in [0.25, 0.3) is 16.7 Å². The normalized spacial score (nSPS) is 11.9. The fourth-order valence-electron chi connectivity index (χ4n) is 1.48. The van der Waals surface area contributed by atoms with Crippen LogP contribution in [0.5, 0.6) is 0 Å². The summed E-state index contributed by atoms with van der Waals surface area (Å²) in [5, 5.41) is 18.8. The minimum Gasteiger partial charge on any atom is -0.507 e. The van der Waals surface area contributed by atoms with Gasteiger partial charge in [-0.2, -0.15) is 0 Å². The van der Waals surface area contributed by atoms with Gasteiger partial charge in [-0.05, 0) is 6.07 Å². The van der Waals surface area contributed by atoms with Crippen LogP contribution in [0, 0.1) is 0 Å². The maximum atomic E-state index is 10.4. The number of aromatic amines is 1. The van der Waals surface area contributed by atoms with Crippen LogP contribution in [-0.4, -0.2) is 21.2 Å². The Kier molecular flexibility index (Phi) is 2.17. The smallest absolute Gasteiger partial charge is 0.332 e. The van der Waals surface area contributed by atoms with Crippen LogP contribution < -0.4 is 0 Å². The highest BCUT2D eigenvalue weighted by Gasteiger charge is 2.07. The minimum absolute atomic E-state index is 0.250. The summed E-state index contributed by atoms with van der Waals surface area (Å²) in [5.41, 5.74) is 1.35. The van der Waals surface area contributed by atoms with Crippen molar-refractivity contribution in [1.82, 2.24) is 4.98 Å². The van der Waals surface area contributed by atoms with Crippen molar-refractivity contribution in [2.75, 3.05) is 0 Å². The van der Waals surface area contributed by atoms with Gasteiger partial charge in [0.25, 0.3) is 0 Å². The third kappa shape index (κ3) is 1.69. The molecule has 0 amide bonds. The van der Waals surface area contributed by atoms with E-state index >= 15 is 0 Å². The molecule has 0 aliphatic carbocycles. The number of rotatable bonds is 2. The van der Waals surface area contributed by atoms with Crippen LogP contribution >= 0.6 is 0 Å². The molecule has 0 saturated carbocycles. The molecule has 1 heterocycles. The van der Waals surface area contributed by atoms with Gasteiger partial charge in [-0.3, -0.25) is 0 Å². The number of aromatic nitrogens is 1. The second-order valence-electron chi connectivity index (χ2n) is 3.12. The molecule has 76 valence electrons. The Morgan fingerprint density at radius 1 is 1.27 bits per heavy atom. The van der Waals surface area contributed by atoms with E-state index in [0.29, 0.717) is 5.56 Å². The number of nitrogens with one attached hydrogen (secondary N) is 1. The number of H-pyrrole nitrogens is 1. The molecular weight excluding hydrogens is 194 g/mol. The number of para-hydroxylation sites is 1. The van der Waals surface area contributed by atoms with Crippen molar-refractivity contribution in [3.63, 3.8) is 0 Å². The monoisotopic (exact) mass is 203 g/mol. The molecular formula is C11H9NO3. The number of benzene rings is 1. The number of hydrogen-bond donors (Lipinski definition) is 3. The summed E-state index contributed by atoms with van der Waals surface area (Å²) in [4.78, 5) is 13.3. The molecule has 0 atom stereocenters. The Balaban J connectivity index is 2.57. The van der Waals surface area contributed by atoms with Crippen molar-refractivity contribution in [2.45, 2.75) is 0 Å². The molecule has 2 rings (SSSR count). The first-order valence-electron chi connectivity index (χ1n) is 4.38. The van der Waals surface area contributed by atoms with Crippen molar-refractivity contribution < 1.29 is 15.0 Å². The van der Waals surface area contributed by atoms with Crippen LogP contribution in [0.2, 0.25) is 0 Å². The molecule has 0 spiro atoms. The molecule has 0 saturated heterocycles. The molecule has 0 fully saturated rings. The summed E-state index contributed by atoms with van der Waals surface area (Å²) in [6.45, 7) is 0. The highest BCUT2D eigenvalue weighted by Crippen LogP contribution is 2.22. The number of aliphatic hydroxyl groups is 1. The Hall–Kier alpha value is -2.23. The van der Waals surface area contributed by atoms with Crippen LogP contribution in [0.15, 0.2) is 36.5 Å². The van der Waals surface area contributed by atoms with E-state index in [9.17, 15) is 9.90 Å². The van der Waals surface area contributed by atoms with Crippen molar-refractivity contribution in [1.29, 1.82) is 0 Å². The van der Waals surface area contributed by atoms with E-state index in [1.54, 1.807) is 6.20 Å². The lowest BCUT2D eigenvalue weighted by Crippen LogP contribution is -1.90. The van der Waals surface area contributed by atoms with E-state index in [1.165, 1.54) is 0 Å². The molecule has 0 unspecified atom stereocenters. The highest BCUT2D eigenvalue weighted by atomic mass is 16.4. The molecule has 0 radical (unpaired) electrons. The number of carbonyl (C=O) groups is 1. The van der Waals surface area contributed by atoms with E-state index in [-0.39, 0.29) is 5.76 Å². The van der Waals surface area contributed by atoms with Gasteiger partial charge in [0, 0.05) is 22.7 Å². The second-order valence-corrected chi connectivity index (χ2v) is 3.12. The number of carboxylic acids is 1. The maximum absolute atomic E-state index is 10.4. The lowest BCUT2D eigenvalue weighted by Gasteiger charge is -1.95. The zero-order valence-electron chi connectivity index (χ0n) is 7.77. The van der Waals surface area contributed by atoms with E-state index in [1.807, 2.05) is 24.3 Å². The highest BCUT2D eigenvalue weighted by molar-refractivity contribution is 5.95. The minimum atomic E-state index is -1.17. The zero-order chi connectivity index (χ0) is 10.8. The number of carboxylic acid groups (broad SMARTS) is 1. The quantitative estimate of drug-likeness (QED) is 0.517. The van der Waals surface area contributed by atoms with Gasteiger partial charge >= 0.3 is 5.97 Å². The average molecular weight is 203 g/mol. The van der Waals surface area contributed by atoms with E-state index < -0.39 is 5.97 Å². The third-order valence-electron chi connectivity index (χ3n) is 2.13. The molecule has 1 aromatic carbocycles. The van der Waals surface area contributed by atoms with Gasteiger partial charge in [0.1, 0.15) is 5.76 Å². The van der Waals surface area contributed by atoms with Crippen molar-refractivity contribution in [3.05, 3.63) is 42.1 Å². The van der Waals surface area contributed by atoms with Gasteiger partial charge < -0.3 is 15.2 Å². The summed E-state index contributed by atoms with van der Waals surface area (Å²) >= 11 is 0. The molecule has 1 aromatic heterocycles. The predicted molar refractivity (Wildman–Crippen MR) is 56.5 cm³/mol. The van der Waals surface area contributed by atoms with Gasteiger partial charge in [0.05, 0.1) is 6.08 Å². The first-order chi connectivity index (χ1) is 7.18. The Morgan fingerprint density at radius 2 is 2.00 bits per heavy atom. The zero-order valence-corrected chi connectivity index (χ0v) is 7.77. The lowest BCUT2D eigenvalue weighted by atomic mass is 10.1. The molecule has 2 aromatic rings. The Labute approximate surface area is 85.5 Å². The molecule has 0 aliphatic heterocycles. The van der Waals surface area contributed by atoms with E-state index in [4.69, 9.17) is 5.11 Å². The van der Waals surface area contributed by atoms with Crippen LogP contribution in [0.4, 0.5) is 0 Å². The molecule has 0 bridgehead atoms. The Morgan fingerprint density at radius 3 is 2.73 bits per heavy atom. The van der Waals surface area contributed by atoms with Crippen molar-refractivity contribution in [3.8, 4) is 0 Å². The summed E-state index contributed by atoms with van der Waals surface area (Å²) in [5.74, 6) is -1.42. The second kappa shape index (κ2) is 3.49. The molecule has 4 heteroatoms. The topological polar surface area (TPSA) is 73.3 Å². The maximum Gasteiger partial charge on any atom is 0.332 e. The number of aliphatic hydroxyl groups excluding tert-OH is 1. The number of fused-ring (bicyclic) bond motifs is 1. The summed E-state index contributed by atoms with van der Waals surface area (Å²) < 4.78 is 0. The fraction of sp³-hybridized carbons (Fsp3) is 0. The van der Waals surface area contributed by atoms with Gasteiger partial charge in [-0.25, -0.2) is 4.79 Å². The largest absolute Gasteiger partial charge is 0.507 e. The van der Waals surface area contributed by atoms with Crippen molar-refractivity contribution >= 4 is 22.6 Å². The SMILES string of the molecule is O=C(O)C=C(O)c1c[nH]c2ccccc12. The fourth-order valence-corrected chi connectivity index (χ4v) is 1.48. The van der Waals surface area contributed by atoms with Gasteiger partial charge in [0.2, 0.25) is 0 Å². The predicted octanol–water partition coefficient (Wildman–Crippen LogP) is 2.15. The summed E-state index contributed by atoms with van der Waals surface area (Å²) in [6, 6.07) is 7.36. The lowest BCUT2D eigenvalue weighted by molar-refractivity contribution is -0.131. The number of hydrogen-bond acceptors (Lipinski definition) is 2. The summed E-state index contributed by atoms with van der Waals surface area (Å²) in [6.07, 6.45) is 2.36. The first kappa shape index (κ1) is 9.33. The third-order valence-corrected chi connectivity index (χ3v) is 2.13. The Bertz CT molecular complexity index is 540. The molecule has 0 aliphatic rings. The first-order valence-corrected chi connectivity index (χ1v) is 4.38. The molecule has 3 N–H and O–H groups in total. The molecule has 15 heavy (non-hydrogen) atoms. The van der Waals surface area contributed by atoms with Crippen LogP contribution in [0.1, 0.15) is 5.56 Å². The van der Waals surface area contributed by atoms with E-state index in [0.717, 1.165) is 17.0 Å². The standard InChI is InChI=1S/C11H9NO3/c13-10(5-11(14)15)8-6-12-9-4-2-1-3-7(8)9/h1-6,12-13H,(H,14,15). The summed E-state index contributed by atoms with van der Waals surface area (Å²) in [7, 11) is 0. The number of aliphatic carboxylic acids is 1. The van der Waals surface area contributed by atoms with Gasteiger partial charge in [0.15, 0.2) is 0 Å². The van der Waals surface area contributed by atoms with Gasteiger partial charge in [-0.15, -0.1) is 0 Å². The van der Waals surface area contributed by atoms with Crippen LogP contribution in [-0.2, 0) is 4.79 Å². The molecule has 4 nitrogen and oxygen atoms in total.